The van der Waals surface area contributed by atoms with Gasteiger partial charge in [-0.2, -0.15) is 4.58 Å². The van der Waals surface area contributed by atoms with Crippen molar-refractivity contribution < 1.29 is 14.0 Å². The summed E-state index contributed by atoms with van der Waals surface area (Å²) >= 11 is 3.76. The molecule has 0 N–H and O–H groups in total. The third-order valence-corrected chi connectivity index (χ3v) is 7.81. The minimum atomic E-state index is -0.116. The molecular formula is C29H34BrN2O2+. The Balaban J connectivity index is 1.62. The van der Waals surface area contributed by atoms with Crippen molar-refractivity contribution in [2.45, 2.75) is 38.5 Å². The molecule has 0 radical (unpaired) electrons. The zero-order valence-corrected chi connectivity index (χ0v) is 22.9. The quantitative estimate of drug-likeness (QED) is 0.317. The molecule has 4 rings (SSSR count). The van der Waals surface area contributed by atoms with Crippen LogP contribution in [0, 0.1) is 0 Å². The third kappa shape index (κ3) is 3.90. The second-order valence-electron chi connectivity index (χ2n) is 9.96. The van der Waals surface area contributed by atoms with Gasteiger partial charge < -0.3 is 14.4 Å². The van der Waals surface area contributed by atoms with Gasteiger partial charge in [0.1, 0.15) is 18.5 Å². The lowest BCUT2D eigenvalue weighted by Gasteiger charge is -2.23. The van der Waals surface area contributed by atoms with Gasteiger partial charge in [0.25, 0.3) is 0 Å². The number of methoxy groups -OCH3 is 2. The van der Waals surface area contributed by atoms with Crippen molar-refractivity contribution in [2.24, 2.45) is 0 Å². The molecule has 0 unspecified atom stereocenters. The van der Waals surface area contributed by atoms with Crippen molar-refractivity contribution in [1.82, 2.24) is 0 Å². The monoisotopic (exact) mass is 521 g/mol. The summed E-state index contributed by atoms with van der Waals surface area (Å²) in [5.41, 5.74) is 7.24. The van der Waals surface area contributed by atoms with Crippen molar-refractivity contribution in [1.29, 1.82) is 0 Å². The van der Waals surface area contributed by atoms with Crippen LogP contribution in [0.25, 0.3) is 0 Å². The van der Waals surface area contributed by atoms with Crippen molar-refractivity contribution >= 4 is 33.0 Å². The zero-order valence-electron chi connectivity index (χ0n) is 21.4. The zero-order chi connectivity index (χ0) is 24.8. The fraction of sp³-hybridized carbons (Fsp3) is 0.345. The molecule has 2 heterocycles. The van der Waals surface area contributed by atoms with Crippen LogP contribution in [0.1, 0.15) is 38.8 Å². The van der Waals surface area contributed by atoms with Crippen LogP contribution in [0.3, 0.4) is 0 Å². The van der Waals surface area contributed by atoms with Gasteiger partial charge in [0.05, 0.1) is 19.6 Å². The van der Waals surface area contributed by atoms with Gasteiger partial charge in [-0.05, 0) is 68.0 Å². The summed E-state index contributed by atoms with van der Waals surface area (Å²) in [6, 6.07) is 12.6. The molecule has 4 nitrogen and oxygen atoms in total. The molecule has 2 aromatic rings. The van der Waals surface area contributed by atoms with Crippen LogP contribution >= 0.6 is 15.9 Å². The number of rotatable bonds is 5. The Morgan fingerprint density at radius 3 is 2.21 bits per heavy atom. The number of hydrogen-bond acceptors (Lipinski definition) is 3. The van der Waals surface area contributed by atoms with E-state index in [9.17, 15) is 0 Å². The van der Waals surface area contributed by atoms with E-state index in [1.165, 1.54) is 33.9 Å². The van der Waals surface area contributed by atoms with Gasteiger partial charge in [0.15, 0.2) is 5.71 Å². The van der Waals surface area contributed by atoms with Crippen molar-refractivity contribution in [2.75, 3.05) is 33.2 Å². The highest BCUT2D eigenvalue weighted by Gasteiger charge is 2.43. The average Bonchev–Trinajstić information content (AvgIpc) is 3.13. The van der Waals surface area contributed by atoms with Crippen LogP contribution in [0.4, 0.5) is 11.4 Å². The number of halogens is 1. The van der Waals surface area contributed by atoms with Gasteiger partial charge in [-0.1, -0.05) is 29.8 Å². The predicted octanol–water partition coefficient (Wildman–Crippen LogP) is 6.86. The fourth-order valence-electron chi connectivity index (χ4n) is 5.26. The van der Waals surface area contributed by atoms with Gasteiger partial charge in [0.2, 0.25) is 5.69 Å². The Bertz CT molecular complexity index is 1260. The standard InChI is InChI=1S/C29H34BrN2O2/c1-28(2)22-17-20(33-7)11-13-24(22)31(5)26(28)15-9-19(30)10-16-27-29(3,4)23-18-21(34-8)12-14-25(23)32(27)6/h9-18H,1-8H3/q+1. The summed E-state index contributed by atoms with van der Waals surface area (Å²) in [7, 11) is 7.68. The number of likely N-dealkylation sites (N-methyl/N-ethyl adjacent to an activating group) is 1. The number of nitrogens with zero attached hydrogens (tertiary/aromatic N) is 2. The molecule has 2 aromatic carbocycles. The Hall–Kier alpha value is -2.79. The van der Waals surface area contributed by atoms with Crippen LogP contribution in [0.5, 0.6) is 11.5 Å². The molecular weight excluding hydrogens is 488 g/mol. The molecule has 2 aliphatic rings. The second kappa shape index (κ2) is 8.77. The first-order valence-corrected chi connectivity index (χ1v) is 12.3. The molecule has 0 spiro atoms. The lowest BCUT2D eigenvalue weighted by atomic mass is 9.81. The maximum absolute atomic E-state index is 5.46. The number of benzene rings is 2. The van der Waals surface area contributed by atoms with Crippen LogP contribution in [-0.4, -0.2) is 38.6 Å². The molecule has 2 aliphatic heterocycles. The summed E-state index contributed by atoms with van der Waals surface area (Å²) in [6.07, 6.45) is 8.67. The van der Waals surface area contributed by atoms with E-state index in [1.807, 2.05) is 12.1 Å². The van der Waals surface area contributed by atoms with E-state index >= 15 is 0 Å². The summed E-state index contributed by atoms with van der Waals surface area (Å²) in [5.74, 6) is 1.78. The molecule has 34 heavy (non-hydrogen) atoms. The predicted molar refractivity (Wildman–Crippen MR) is 146 cm³/mol. The number of fused-ring (bicyclic) bond motifs is 2. The SMILES string of the molecule is COc1ccc2c(c1)C(C)(C)C(/C=C/C(Br)=C/C=C1/N(C)c3ccc(OC)cc3C1(C)C)=[N+]2C. The fourth-order valence-corrected chi connectivity index (χ4v) is 5.52. The topological polar surface area (TPSA) is 24.7 Å². The van der Waals surface area contributed by atoms with Gasteiger partial charge >= 0.3 is 0 Å². The third-order valence-electron chi connectivity index (χ3n) is 7.28. The van der Waals surface area contributed by atoms with Crippen molar-refractivity contribution in [3.8, 4) is 11.5 Å². The number of hydrogen-bond donors (Lipinski definition) is 0. The largest absolute Gasteiger partial charge is 0.497 e. The first-order valence-electron chi connectivity index (χ1n) is 11.5. The molecule has 178 valence electrons. The molecule has 0 amide bonds. The molecule has 0 aliphatic carbocycles. The molecule has 5 heteroatoms. The minimum absolute atomic E-state index is 0.116. The van der Waals surface area contributed by atoms with Gasteiger partial charge in [-0.25, -0.2) is 0 Å². The summed E-state index contributed by atoms with van der Waals surface area (Å²) < 4.78 is 14.2. The summed E-state index contributed by atoms with van der Waals surface area (Å²) in [4.78, 5) is 2.27. The van der Waals surface area contributed by atoms with Crippen LogP contribution in [0.2, 0.25) is 0 Å². The lowest BCUT2D eigenvalue weighted by Crippen LogP contribution is -2.26. The molecule has 0 saturated heterocycles. The highest BCUT2D eigenvalue weighted by molar-refractivity contribution is 9.11. The van der Waals surface area contributed by atoms with Crippen molar-refractivity contribution in [3.05, 3.63) is 82.0 Å². The molecule has 0 saturated carbocycles. The Labute approximate surface area is 212 Å². The van der Waals surface area contributed by atoms with E-state index in [0.29, 0.717) is 0 Å². The molecule has 0 atom stereocenters. The van der Waals surface area contributed by atoms with Crippen molar-refractivity contribution in [3.63, 3.8) is 0 Å². The normalized spacial score (nSPS) is 19.7. The first kappa shape index (κ1) is 24.3. The highest BCUT2D eigenvalue weighted by Crippen LogP contribution is 2.48. The molecule has 0 fully saturated rings. The smallest absolute Gasteiger partial charge is 0.209 e. The van der Waals surface area contributed by atoms with Crippen LogP contribution in [-0.2, 0) is 10.8 Å². The summed E-state index contributed by atoms with van der Waals surface area (Å²) in [5, 5.41) is 0. The second-order valence-corrected chi connectivity index (χ2v) is 10.9. The van der Waals surface area contributed by atoms with Gasteiger partial charge in [0, 0.05) is 46.0 Å². The van der Waals surface area contributed by atoms with E-state index in [0.717, 1.165) is 16.0 Å². The Morgan fingerprint density at radius 1 is 0.941 bits per heavy atom. The Morgan fingerprint density at radius 2 is 1.56 bits per heavy atom. The molecule has 0 aromatic heterocycles. The lowest BCUT2D eigenvalue weighted by molar-refractivity contribution is -0.401. The maximum Gasteiger partial charge on any atom is 0.209 e. The number of anilines is 1. The van der Waals surface area contributed by atoms with E-state index in [1.54, 1.807) is 14.2 Å². The maximum atomic E-state index is 5.46. The molecule has 0 bridgehead atoms. The highest BCUT2D eigenvalue weighted by atomic mass is 79.9. The Kier molecular flexibility index (Phi) is 6.28. The van der Waals surface area contributed by atoms with Gasteiger partial charge in [-0.15, -0.1) is 0 Å². The summed E-state index contributed by atoms with van der Waals surface area (Å²) in [6.45, 7) is 9.04. The van der Waals surface area contributed by atoms with E-state index in [4.69, 9.17) is 9.47 Å². The number of allylic oxidation sites excluding steroid dienone is 6. The minimum Gasteiger partial charge on any atom is -0.497 e. The average molecular weight is 523 g/mol. The van der Waals surface area contributed by atoms with E-state index in [2.05, 4.69) is 116 Å². The number of ether oxygens (including phenoxy) is 2. The van der Waals surface area contributed by atoms with E-state index in [-0.39, 0.29) is 10.8 Å². The van der Waals surface area contributed by atoms with Crippen LogP contribution in [0.15, 0.2) is 70.9 Å². The first-order chi connectivity index (χ1) is 16.0. The van der Waals surface area contributed by atoms with Gasteiger partial charge in [-0.3, -0.25) is 0 Å². The van der Waals surface area contributed by atoms with Crippen LogP contribution < -0.4 is 14.4 Å². The van der Waals surface area contributed by atoms with E-state index < -0.39 is 0 Å².